The number of amides is 1. The van der Waals surface area contributed by atoms with Gasteiger partial charge in [-0.3, -0.25) is 14.2 Å². The largest absolute Gasteiger partial charge is 0.325 e. The molecular weight excluding hydrogens is 376 g/mol. The van der Waals surface area contributed by atoms with Gasteiger partial charge in [0.25, 0.3) is 5.56 Å². The summed E-state index contributed by atoms with van der Waals surface area (Å²) in [6, 6.07) is 17.1. The molecule has 152 valence electrons. The van der Waals surface area contributed by atoms with Crippen LogP contribution in [0.3, 0.4) is 0 Å². The molecule has 2 aromatic carbocycles. The molecule has 0 unspecified atom stereocenters. The third-order valence-electron chi connectivity index (χ3n) is 5.21. The molecule has 0 fully saturated rings. The summed E-state index contributed by atoms with van der Waals surface area (Å²) in [5, 5.41) is 8.44. The number of hydrogen-bond acceptors (Lipinski definition) is 3. The zero-order valence-corrected chi connectivity index (χ0v) is 17.6. The molecule has 6 heteroatoms. The Hall–Kier alpha value is -3.67. The molecule has 6 nitrogen and oxygen atoms in total. The van der Waals surface area contributed by atoms with Crippen LogP contribution in [0.1, 0.15) is 22.4 Å². The van der Waals surface area contributed by atoms with E-state index < -0.39 is 0 Å². The Labute approximate surface area is 174 Å². The first kappa shape index (κ1) is 19.6. The van der Waals surface area contributed by atoms with Gasteiger partial charge in [-0.05, 0) is 57.5 Å². The molecule has 1 amide bonds. The number of benzene rings is 2. The topological polar surface area (TPSA) is 68.9 Å². The van der Waals surface area contributed by atoms with E-state index in [-0.39, 0.29) is 18.0 Å². The van der Waals surface area contributed by atoms with Crippen LogP contribution < -0.4 is 10.9 Å². The van der Waals surface area contributed by atoms with Crippen molar-refractivity contribution >= 4 is 22.6 Å². The van der Waals surface area contributed by atoms with Crippen LogP contribution in [0.25, 0.3) is 16.7 Å². The van der Waals surface area contributed by atoms with Gasteiger partial charge in [-0.15, -0.1) is 0 Å². The zero-order chi connectivity index (χ0) is 21.4. The summed E-state index contributed by atoms with van der Waals surface area (Å²) in [5.74, 6) is -0.264. The summed E-state index contributed by atoms with van der Waals surface area (Å²) in [4.78, 5) is 25.6. The molecule has 30 heavy (non-hydrogen) atoms. The molecule has 1 N–H and O–H groups in total. The standard InChI is InChI=1S/C24H24N4O2/c1-15-5-9-19(10-6-15)25-21(29)14-27-22(30)13-17(3)23-18(4)26-28(24(23)27)20-11-7-16(2)8-12-20/h5-13H,14H2,1-4H3,(H,25,29). The fourth-order valence-electron chi connectivity index (χ4n) is 3.67. The van der Waals surface area contributed by atoms with Crippen molar-refractivity contribution in [3.63, 3.8) is 0 Å². The van der Waals surface area contributed by atoms with Gasteiger partial charge in [0.2, 0.25) is 5.91 Å². The zero-order valence-electron chi connectivity index (χ0n) is 17.6. The number of nitrogens with zero attached hydrogens (tertiary/aromatic N) is 3. The number of carbonyl (C=O) groups is 1. The van der Waals surface area contributed by atoms with E-state index in [9.17, 15) is 9.59 Å². The minimum atomic E-state index is -0.264. The maximum Gasteiger partial charge on any atom is 0.252 e. The Bertz CT molecular complexity index is 1300. The van der Waals surface area contributed by atoms with Crippen molar-refractivity contribution in [3.8, 4) is 5.69 Å². The lowest BCUT2D eigenvalue weighted by atomic mass is 10.1. The van der Waals surface area contributed by atoms with Gasteiger partial charge in [-0.25, -0.2) is 4.68 Å². The lowest BCUT2D eigenvalue weighted by molar-refractivity contribution is -0.116. The minimum absolute atomic E-state index is 0.0967. The van der Waals surface area contributed by atoms with E-state index in [1.165, 1.54) is 4.57 Å². The maximum atomic E-state index is 12.9. The number of fused-ring (bicyclic) bond motifs is 1. The molecule has 4 rings (SSSR count). The summed E-state index contributed by atoms with van der Waals surface area (Å²) in [5.41, 5.74) is 5.85. The Balaban J connectivity index is 1.80. The highest BCUT2D eigenvalue weighted by molar-refractivity contribution is 5.92. The van der Waals surface area contributed by atoms with Gasteiger partial charge in [-0.1, -0.05) is 35.4 Å². The van der Waals surface area contributed by atoms with Gasteiger partial charge in [0, 0.05) is 17.1 Å². The third-order valence-corrected chi connectivity index (χ3v) is 5.21. The Morgan fingerprint density at radius 2 is 1.53 bits per heavy atom. The molecule has 0 aliphatic rings. The van der Waals surface area contributed by atoms with E-state index in [1.54, 1.807) is 10.7 Å². The number of pyridine rings is 1. The Kier molecular flexibility index (Phi) is 4.99. The van der Waals surface area contributed by atoms with E-state index >= 15 is 0 Å². The number of carbonyl (C=O) groups excluding carboxylic acids is 1. The summed E-state index contributed by atoms with van der Waals surface area (Å²) >= 11 is 0. The van der Waals surface area contributed by atoms with Gasteiger partial charge < -0.3 is 5.32 Å². The lowest BCUT2D eigenvalue weighted by Crippen LogP contribution is -2.29. The molecule has 0 saturated carbocycles. The van der Waals surface area contributed by atoms with Crippen LogP contribution in [0.5, 0.6) is 0 Å². The van der Waals surface area contributed by atoms with E-state index in [1.807, 2.05) is 76.2 Å². The second kappa shape index (κ2) is 7.63. The van der Waals surface area contributed by atoms with E-state index in [0.29, 0.717) is 11.3 Å². The van der Waals surface area contributed by atoms with Crippen molar-refractivity contribution < 1.29 is 4.79 Å². The fourth-order valence-corrected chi connectivity index (χ4v) is 3.67. The van der Waals surface area contributed by atoms with Crippen molar-refractivity contribution in [1.82, 2.24) is 14.3 Å². The molecule has 0 aliphatic heterocycles. The molecule has 2 aromatic heterocycles. The van der Waals surface area contributed by atoms with E-state index in [2.05, 4.69) is 10.4 Å². The highest BCUT2D eigenvalue weighted by Gasteiger charge is 2.18. The highest BCUT2D eigenvalue weighted by Crippen LogP contribution is 2.24. The SMILES string of the molecule is Cc1ccc(NC(=O)Cn2c(=O)cc(C)c3c(C)nn(-c4ccc(C)cc4)c32)cc1. The Morgan fingerprint density at radius 3 is 2.17 bits per heavy atom. The normalized spacial score (nSPS) is 11.1. The fraction of sp³-hybridized carbons (Fsp3) is 0.208. The number of anilines is 1. The van der Waals surface area contributed by atoms with Crippen LogP contribution in [0, 0.1) is 27.7 Å². The van der Waals surface area contributed by atoms with Crippen LogP contribution >= 0.6 is 0 Å². The first-order valence-electron chi connectivity index (χ1n) is 9.87. The molecular formula is C24H24N4O2. The van der Waals surface area contributed by atoms with Crippen molar-refractivity contribution in [1.29, 1.82) is 0 Å². The molecule has 0 saturated heterocycles. The average molecular weight is 400 g/mol. The number of rotatable bonds is 4. The minimum Gasteiger partial charge on any atom is -0.325 e. The second-order valence-corrected chi connectivity index (χ2v) is 7.70. The third kappa shape index (κ3) is 3.64. The summed E-state index contributed by atoms with van der Waals surface area (Å²) in [6.45, 7) is 7.73. The summed E-state index contributed by atoms with van der Waals surface area (Å²) < 4.78 is 3.24. The number of aromatic nitrogens is 3. The van der Waals surface area contributed by atoms with Crippen molar-refractivity contribution in [2.24, 2.45) is 0 Å². The predicted octanol–water partition coefficient (Wildman–Crippen LogP) is 4.06. The lowest BCUT2D eigenvalue weighted by Gasteiger charge is -2.13. The predicted molar refractivity (Wildman–Crippen MR) is 119 cm³/mol. The maximum absolute atomic E-state index is 12.9. The van der Waals surface area contributed by atoms with Crippen LogP contribution in [-0.4, -0.2) is 20.3 Å². The van der Waals surface area contributed by atoms with Crippen molar-refractivity contribution in [3.05, 3.63) is 87.3 Å². The number of hydrogen-bond donors (Lipinski definition) is 1. The quantitative estimate of drug-likeness (QED) is 0.562. The van der Waals surface area contributed by atoms with Crippen LogP contribution in [0.2, 0.25) is 0 Å². The molecule has 4 aromatic rings. The van der Waals surface area contributed by atoms with Gasteiger partial charge in [-0.2, -0.15) is 5.10 Å². The van der Waals surface area contributed by atoms with Gasteiger partial charge in [0.1, 0.15) is 12.2 Å². The smallest absolute Gasteiger partial charge is 0.252 e. The second-order valence-electron chi connectivity index (χ2n) is 7.70. The first-order chi connectivity index (χ1) is 14.3. The summed E-state index contributed by atoms with van der Waals surface area (Å²) in [7, 11) is 0. The average Bonchev–Trinajstić information content (AvgIpc) is 3.05. The first-order valence-corrected chi connectivity index (χ1v) is 9.87. The number of nitrogens with one attached hydrogen (secondary N) is 1. The van der Waals surface area contributed by atoms with Crippen molar-refractivity contribution in [2.75, 3.05) is 5.32 Å². The molecule has 0 atom stereocenters. The van der Waals surface area contributed by atoms with Gasteiger partial charge >= 0.3 is 0 Å². The van der Waals surface area contributed by atoms with Crippen molar-refractivity contribution in [2.45, 2.75) is 34.2 Å². The van der Waals surface area contributed by atoms with E-state index in [0.717, 1.165) is 33.5 Å². The highest BCUT2D eigenvalue weighted by atomic mass is 16.2. The molecule has 2 heterocycles. The number of aryl methyl sites for hydroxylation is 4. The molecule has 0 aliphatic carbocycles. The molecule has 0 spiro atoms. The molecule has 0 bridgehead atoms. The van der Waals surface area contributed by atoms with Crippen LogP contribution in [-0.2, 0) is 11.3 Å². The van der Waals surface area contributed by atoms with Gasteiger partial charge in [0.15, 0.2) is 0 Å². The van der Waals surface area contributed by atoms with Crippen LogP contribution in [0.15, 0.2) is 59.4 Å². The monoisotopic (exact) mass is 400 g/mol. The Morgan fingerprint density at radius 1 is 0.933 bits per heavy atom. The molecule has 0 radical (unpaired) electrons. The van der Waals surface area contributed by atoms with E-state index in [4.69, 9.17) is 0 Å². The van der Waals surface area contributed by atoms with Crippen LogP contribution in [0.4, 0.5) is 5.69 Å². The summed E-state index contributed by atoms with van der Waals surface area (Å²) in [6.07, 6.45) is 0. The van der Waals surface area contributed by atoms with Gasteiger partial charge in [0.05, 0.1) is 11.4 Å².